The van der Waals surface area contributed by atoms with Gasteiger partial charge in [0.1, 0.15) is 0 Å². The minimum atomic E-state index is 0.0437. The highest BCUT2D eigenvalue weighted by Gasteiger charge is 2.02. The van der Waals surface area contributed by atoms with Gasteiger partial charge in [0, 0.05) is 18.3 Å². The van der Waals surface area contributed by atoms with Crippen LogP contribution in [0.2, 0.25) is 0 Å². The molecule has 2 N–H and O–H groups in total. The predicted molar refractivity (Wildman–Crippen MR) is 74.1 cm³/mol. The summed E-state index contributed by atoms with van der Waals surface area (Å²) in [6.07, 6.45) is 2.07. The molecule has 94 valence electrons. The number of carbonyl (C=O) groups excluding carboxylic acids is 1. The Labute approximate surface area is 107 Å². The molecular weight excluding hydrogens is 232 g/mol. The molecule has 1 amide bonds. The summed E-state index contributed by atoms with van der Waals surface area (Å²) in [5.74, 6) is 0.0437. The summed E-state index contributed by atoms with van der Waals surface area (Å²) in [4.78, 5) is 11.5. The summed E-state index contributed by atoms with van der Waals surface area (Å²) in [5, 5.41) is 6.56. The second kappa shape index (κ2) is 8.14. The Morgan fingerprint density at radius 3 is 2.71 bits per heavy atom. The van der Waals surface area contributed by atoms with E-state index in [-0.39, 0.29) is 5.91 Å². The van der Waals surface area contributed by atoms with E-state index in [0.717, 1.165) is 12.1 Å². The zero-order valence-corrected chi connectivity index (χ0v) is 11.2. The van der Waals surface area contributed by atoms with Crippen LogP contribution in [0.5, 0.6) is 0 Å². The second-order valence-electron chi connectivity index (χ2n) is 3.94. The largest absolute Gasteiger partial charge is 0.351 e. The first-order valence-corrected chi connectivity index (χ1v) is 7.05. The first-order chi connectivity index (χ1) is 8.22. The summed E-state index contributed by atoms with van der Waals surface area (Å²) in [5.41, 5.74) is 1.12. The van der Waals surface area contributed by atoms with Crippen LogP contribution in [0.25, 0.3) is 0 Å². The molecule has 1 unspecified atom stereocenters. The van der Waals surface area contributed by atoms with E-state index in [9.17, 15) is 4.79 Å². The molecule has 0 aliphatic rings. The van der Waals surface area contributed by atoms with Crippen LogP contribution in [0, 0.1) is 0 Å². The zero-order valence-electron chi connectivity index (χ0n) is 10.4. The number of nitrogens with one attached hydrogen (secondary N) is 2. The van der Waals surface area contributed by atoms with Crippen molar-refractivity contribution in [3.05, 3.63) is 35.9 Å². The van der Waals surface area contributed by atoms with Gasteiger partial charge in [0.15, 0.2) is 0 Å². The van der Waals surface area contributed by atoms with E-state index >= 15 is 0 Å². The fourth-order valence-electron chi connectivity index (χ4n) is 1.33. The summed E-state index contributed by atoms with van der Waals surface area (Å²) >= 11 is 1.79. The van der Waals surface area contributed by atoms with Crippen molar-refractivity contribution in [2.75, 3.05) is 19.3 Å². The van der Waals surface area contributed by atoms with Crippen LogP contribution in [0.15, 0.2) is 30.3 Å². The minimum absolute atomic E-state index is 0.0437. The molecule has 3 nitrogen and oxygen atoms in total. The van der Waals surface area contributed by atoms with E-state index in [1.807, 2.05) is 30.3 Å². The number of carbonyl (C=O) groups is 1. The van der Waals surface area contributed by atoms with Gasteiger partial charge in [-0.15, -0.1) is 0 Å². The monoisotopic (exact) mass is 252 g/mol. The topological polar surface area (TPSA) is 41.1 Å². The lowest BCUT2D eigenvalue weighted by Gasteiger charge is -2.10. The zero-order chi connectivity index (χ0) is 12.5. The molecule has 0 aliphatic carbocycles. The number of amides is 1. The molecule has 1 rings (SSSR count). The highest BCUT2D eigenvalue weighted by molar-refractivity contribution is 7.99. The van der Waals surface area contributed by atoms with Gasteiger partial charge < -0.3 is 10.6 Å². The Morgan fingerprint density at radius 1 is 1.35 bits per heavy atom. The third-order valence-electron chi connectivity index (χ3n) is 2.45. The quantitative estimate of drug-likeness (QED) is 0.775. The van der Waals surface area contributed by atoms with Crippen LogP contribution in [0.4, 0.5) is 0 Å². The van der Waals surface area contributed by atoms with Crippen LogP contribution in [0.3, 0.4) is 0 Å². The number of thioether (sulfide) groups is 1. The van der Waals surface area contributed by atoms with E-state index in [1.165, 1.54) is 0 Å². The molecule has 0 heterocycles. The fourth-order valence-corrected chi connectivity index (χ4v) is 1.62. The smallest absolute Gasteiger partial charge is 0.234 e. The van der Waals surface area contributed by atoms with Gasteiger partial charge in [-0.2, -0.15) is 11.8 Å². The van der Waals surface area contributed by atoms with Crippen molar-refractivity contribution in [3.63, 3.8) is 0 Å². The van der Waals surface area contributed by atoms with E-state index in [0.29, 0.717) is 18.3 Å². The molecule has 1 atom stereocenters. The normalized spacial score (nSPS) is 12.1. The van der Waals surface area contributed by atoms with Crippen LogP contribution < -0.4 is 10.6 Å². The lowest BCUT2D eigenvalue weighted by Crippen LogP contribution is -2.35. The Morgan fingerprint density at radius 2 is 2.06 bits per heavy atom. The van der Waals surface area contributed by atoms with Gasteiger partial charge in [0.05, 0.1) is 6.54 Å². The molecule has 0 saturated carbocycles. The molecular formula is C13H20N2OS. The SMILES string of the molecule is CSC(C)CNCC(=O)NCc1ccccc1. The molecule has 0 aromatic heterocycles. The van der Waals surface area contributed by atoms with Gasteiger partial charge in [-0.1, -0.05) is 37.3 Å². The maximum absolute atomic E-state index is 11.5. The molecule has 17 heavy (non-hydrogen) atoms. The molecule has 0 aliphatic heterocycles. The summed E-state index contributed by atoms with van der Waals surface area (Å²) in [7, 11) is 0. The number of rotatable bonds is 7. The first kappa shape index (κ1) is 14.1. The van der Waals surface area contributed by atoms with Gasteiger partial charge in [-0.3, -0.25) is 4.79 Å². The van der Waals surface area contributed by atoms with Gasteiger partial charge in [0.2, 0.25) is 5.91 Å². The summed E-state index contributed by atoms with van der Waals surface area (Å²) < 4.78 is 0. The Hall–Kier alpha value is -1.00. The maximum atomic E-state index is 11.5. The third kappa shape index (κ3) is 6.34. The molecule has 0 fully saturated rings. The van der Waals surface area contributed by atoms with Crippen molar-refractivity contribution >= 4 is 17.7 Å². The standard InChI is InChI=1S/C13H20N2OS/c1-11(17-2)8-14-10-13(16)15-9-12-6-4-3-5-7-12/h3-7,11,14H,8-10H2,1-2H3,(H,15,16). The first-order valence-electron chi connectivity index (χ1n) is 5.76. The Kier molecular flexibility index (Phi) is 6.74. The van der Waals surface area contributed by atoms with E-state index in [2.05, 4.69) is 23.8 Å². The van der Waals surface area contributed by atoms with Crippen molar-refractivity contribution in [2.45, 2.75) is 18.7 Å². The van der Waals surface area contributed by atoms with E-state index in [1.54, 1.807) is 11.8 Å². The molecule has 0 radical (unpaired) electrons. The number of benzene rings is 1. The van der Waals surface area contributed by atoms with Crippen LogP contribution in [0.1, 0.15) is 12.5 Å². The average Bonchev–Trinajstić information content (AvgIpc) is 2.37. The second-order valence-corrected chi connectivity index (χ2v) is 5.22. The number of hydrogen-bond donors (Lipinski definition) is 2. The Bertz CT molecular complexity index is 329. The molecule has 0 bridgehead atoms. The van der Waals surface area contributed by atoms with Crippen molar-refractivity contribution in [3.8, 4) is 0 Å². The van der Waals surface area contributed by atoms with Crippen molar-refractivity contribution in [2.24, 2.45) is 0 Å². The molecule has 1 aromatic rings. The molecule has 0 spiro atoms. The maximum Gasteiger partial charge on any atom is 0.234 e. The van der Waals surface area contributed by atoms with Gasteiger partial charge in [-0.05, 0) is 11.8 Å². The molecule has 1 aromatic carbocycles. The van der Waals surface area contributed by atoms with Gasteiger partial charge >= 0.3 is 0 Å². The van der Waals surface area contributed by atoms with E-state index in [4.69, 9.17) is 0 Å². The third-order valence-corrected chi connectivity index (χ3v) is 3.42. The highest BCUT2D eigenvalue weighted by Crippen LogP contribution is 2.02. The average molecular weight is 252 g/mol. The molecule has 0 saturated heterocycles. The predicted octanol–water partition coefficient (Wildman–Crippen LogP) is 1.64. The van der Waals surface area contributed by atoms with Crippen LogP contribution >= 0.6 is 11.8 Å². The Balaban J connectivity index is 2.13. The summed E-state index contributed by atoms with van der Waals surface area (Å²) in [6, 6.07) is 9.92. The summed E-state index contributed by atoms with van der Waals surface area (Å²) in [6.45, 7) is 3.98. The minimum Gasteiger partial charge on any atom is -0.351 e. The van der Waals surface area contributed by atoms with Crippen LogP contribution in [-0.4, -0.2) is 30.5 Å². The van der Waals surface area contributed by atoms with Gasteiger partial charge in [0.25, 0.3) is 0 Å². The number of hydrogen-bond acceptors (Lipinski definition) is 3. The highest BCUT2D eigenvalue weighted by atomic mass is 32.2. The molecule has 4 heteroatoms. The van der Waals surface area contributed by atoms with Crippen molar-refractivity contribution < 1.29 is 4.79 Å². The van der Waals surface area contributed by atoms with Crippen molar-refractivity contribution in [1.82, 2.24) is 10.6 Å². The fraction of sp³-hybridized carbons (Fsp3) is 0.462. The van der Waals surface area contributed by atoms with E-state index < -0.39 is 0 Å². The lowest BCUT2D eigenvalue weighted by molar-refractivity contribution is -0.120. The van der Waals surface area contributed by atoms with Crippen molar-refractivity contribution in [1.29, 1.82) is 0 Å². The van der Waals surface area contributed by atoms with Gasteiger partial charge in [-0.25, -0.2) is 0 Å². The van der Waals surface area contributed by atoms with Crippen LogP contribution in [-0.2, 0) is 11.3 Å². The lowest BCUT2D eigenvalue weighted by atomic mass is 10.2.